The van der Waals surface area contributed by atoms with Gasteiger partial charge in [-0.05, 0) is 44.9 Å². The Morgan fingerprint density at radius 3 is 1.07 bits per heavy atom. The standard InChI is InChI=1S/C77H143O24P/c1-4-7-10-13-16-19-22-25-28-30-32-35-36-39-42-45-48-51-61(79)93-55-58(96-63(81)53-50-47-44-41-38-33-27-24-21-18-15-12-9-6-3)56-95-102(91,92)101-75-73(99-76-71(89)66(84)64(82)59(54-78)97-76)69(87)68(86)70(88)74(75)100-77-72(90)67(85)65(83)60(98-77)57-94-62(80)52-49-46-43-40-37-34-31-29-26-23-20-17-14-11-8-5-2/h33,38,58-60,64-78,82-90H,4-32,34-37,39-57H2,1-3H3,(H,91,92)/b38-33-. The number of rotatable bonds is 64. The highest BCUT2D eigenvalue weighted by atomic mass is 31.2. The van der Waals surface area contributed by atoms with Crippen LogP contribution in [0.4, 0.5) is 0 Å². The van der Waals surface area contributed by atoms with E-state index in [0.717, 1.165) is 83.5 Å². The van der Waals surface area contributed by atoms with Crippen LogP contribution in [-0.2, 0) is 61.2 Å². The third-order valence-electron chi connectivity index (χ3n) is 20.0. The summed E-state index contributed by atoms with van der Waals surface area (Å²) < 4.78 is 65.2. The molecule has 25 heteroatoms. The maximum absolute atomic E-state index is 14.4. The highest BCUT2D eigenvalue weighted by molar-refractivity contribution is 7.47. The zero-order valence-electron chi connectivity index (χ0n) is 62.9. The lowest BCUT2D eigenvalue weighted by molar-refractivity contribution is -0.360. The van der Waals surface area contributed by atoms with Crippen LogP contribution in [0.3, 0.4) is 0 Å². The number of carbonyl (C=O) groups is 3. The lowest BCUT2D eigenvalue weighted by atomic mass is 9.84. The Kier molecular flexibility index (Phi) is 54.0. The van der Waals surface area contributed by atoms with Crippen molar-refractivity contribution in [3.05, 3.63) is 12.2 Å². The van der Waals surface area contributed by atoms with E-state index in [-0.39, 0.29) is 19.3 Å². The van der Waals surface area contributed by atoms with Crippen molar-refractivity contribution in [3.63, 3.8) is 0 Å². The number of phosphoric acid groups is 1. The highest BCUT2D eigenvalue weighted by Gasteiger charge is 2.58. The fraction of sp³-hybridized carbons (Fsp3) is 0.935. The van der Waals surface area contributed by atoms with Crippen LogP contribution in [0.5, 0.6) is 0 Å². The van der Waals surface area contributed by atoms with Gasteiger partial charge in [0.15, 0.2) is 18.7 Å². The molecule has 0 bridgehead atoms. The summed E-state index contributed by atoms with van der Waals surface area (Å²) in [6.45, 7) is 3.48. The Bertz CT molecular complexity index is 2150. The number of esters is 3. The molecule has 600 valence electrons. The van der Waals surface area contributed by atoms with Crippen LogP contribution in [0, 0.1) is 0 Å². The van der Waals surface area contributed by atoms with Crippen LogP contribution in [0.1, 0.15) is 329 Å². The Hall–Kier alpha value is -2.30. The van der Waals surface area contributed by atoms with Gasteiger partial charge in [0.25, 0.3) is 0 Å². The molecule has 1 saturated carbocycles. The first-order chi connectivity index (χ1) is 49.3. The van der Waals surface area contributed by atoms with E-state index in [1.807, 2.05) is 0 Å². The third kappa shape index (κ3) is 40.8. The molecule has 3 aliphatic rings. The zero-order chi connectivity index (χ0) is 74.6. The molecule has 3 rings (SSSR count). The van der Waals surface area contributed by atoms with Crippen LogP contribution in [0.2, 0.25) is 0 Å². The van der Waals surface area contributed by atoms with Crippen LogP contribution in [0.15, 0.2) is 12.2 Å². The van der Waals surface area contributed by atoms with Gasteiger partial charge in [-0.1, -0.05) is 277 Å². The van der Waals surface area contributed by atoms with E-state index in [1.54, 1.807) is 0 Å². The summed E-state index contributed by atoms with van der Waals surface area (Å²) in [5, 5.41) is 110. The number of carbonyl (C=O) groups excluding carboxylic acids is 3. The summed E-state index contributed by atoms with van der Waals surface area (Å²) in [6, 6.07) is 0. The Balaban J connectivity index is 1.70. The number of aliphatic hydroxyl groups excluding tert-OH is 10. The van der Waals surface area contributed by atoms with E-state index in [1.165, 1.54) is 180 Å². The first-order valence-electron chi connectivity index (χ1n) is 40.5. The van der Waals surface area contributed by atoms with Gasteiger partial charge >= 0.3 is 25.7 Å². The SMILES string of the molecule is CCCCCCCCC/C=C\CCCCCC(=O)OC(COC(=O)CCCCCCCCCCCCCCCCCCC)COP(=O)(O)OC1C(OC2OC(CO)C(O)C(O)C2O)C(O)C(O)C(O)C1OC1OC(COC(=O)CCCCCCCCCCCCCCCCCC)C(O)C(O)C1O. The van der Waals surface area contributed by atoms with E-state index in [0.29, 0.717) is 25.7 Å². The van der Waals surface area contributed by atoms with Gasteiger partial charge in [-0.15, -0.1) is 0 Å². The second-order valence-corrected chi connectivity index (χ2v) is 30.5. The van der Waals surface area contributed by atoms with Gasteiger partial charge in [0.1, 0.15) is 98.7 Å². The normalized spacial score (nSPS) is 27.0. The number of hydrogen-bond donors (Lipinski definition) is 11. The topological polar surface area (TPSA) is 374 Å². The van der Waals surface area contributed by atoms with Crippen LogP contribution in [-0.4, -0.2) is 204 Å². The molecule has 18 unspecified atom stereocenters. The molecule has 0 amide bonds. The van der Waals surface area contributed by atoms with Gasteiger partial charge in [-0.25, -0.2) is 4.57 Å². The maximum Gasteiger partial charge on any atom is 0.472 e. The average molecular weight is 1480 g/mol. The number of phosphoric ester groups is 1. The summed E-state index contributed by atoms with van der Waals surface area (Å²) >= 11 is 0. The number of ether oxygens (including phenoxy) is 7. The number of unbranched alkanes of at least 4 members (excludes halogenated alkanes) is 41. The van der Waals surface area contributed by atoms with Crippen molar-refractivity contribution < 1.29 is 117 Å². The van der Waals surface area contributed by atoms with Crippen molar-refractivity contribution in [2.75, 3.05) is 26.4 Å². The molecule has 2 aliphatic heterocycles. The molecule has 18 atom stereocenters. The molecule has 0 spiro atoms. The van der Waals surface area contributed by atoms with Gasteiger partial charge in [0.2, 0.25) is 0 Å². The fourth-order valence-electron chi connectivity index (χ4n) is 13.5. The van der Waals surface area contributed by atoms with E-state index in [4.69, 9.17) is 42.2 Å². The summed E-state index contributed by atoms with van der Waals surface area (Å²) in [6.07, 6.45) is 19.7. The lowest BCUT2D eigenvalue weighted by Crippen LogP contribution is -2.69. The second-order valence-electron chi connectivity index (χ2n) is 29.1. The summed E-state index contributed by atoms with van der Waals surface area (Å²) in [7, 11) is -5.70. The Morgan fingerprint density at radius 1 is 0.373 bits per heavy atom. The van der Waals surface area contributed by atoms with Gasteiger partial charge < -0.3 is 89.1 Å². The van der Waals surface area contributed by atoms with Crippen molar-refractivity contribution >= 4 is 25.7 Å². The molecule has 102 heavy (non-hydrogen) atoms. The first kappa shape index (κ1) is 93.9. The van der Waals surface area contributed by atoms with Crippen molar-refractivity contribution in [2.45, 2.75) is 433 Å². The van der Waals surface area contributed by atoms with Crippen molar-refractivity contribution in [1.29, 1.82) is 0 Å². The molecule has 0 radical (unpaired) electrons. The van der Waals surface area contributed by atoms with Crippen LogP contribution < -0.4 is 0 Å². The van der Waals surface area contributed by atoms with Gasteiger partial charge in [0, 0.05) is 19.3 Å². The highest BCUT2D eigenvalue weighted by Crippen LogP contribution is 2.49. The van der Waals surface area contributed by atoms with Crippen LogP contribution >= 0.6 is 7.82 Å². The van der Waals surface area contributed by atoms with Gasteiger partial charge in [-0.3, -0.25) is 23.4 Å². The van der Waals surface area contributed by atoms with E-state index in [9.17, 15) is 74.9 Å². The quantitative estimate of drug-likeness (QED) is 0.00886. The molecule has 2 heterocycles. The average Bonchev–Trinajstić information content (AvgIpc) is 0.761. The molecule has 3 fully saturated rings. The monoisotopic (exact) mass is 1480 g/mol. The molecule has 24 nitrogen and oxygen atoms in total. The van der Waals surface area contributed by atoms with E-state index >= 15 is 0 Å². The maximum atomic E-state index is 14.4. The van der Waals surface area contributed by atoms with Gasteiger partial charge in [-0.2, -0.15) is 0 Å². The minimum Gasteiger partial charge on any atom is -0.463 e. The molecule has 1 aliphatic carbocycles. The molecular weight excluding hydrogens is 1340 g/mol. The molecule has 0 aromatic rings. The Labute approximate surface area is 612 Å². The Morgan fingerprint density at radius 2 is 0.686 bits per heavy atom. The molecular formula is C77H143O24P. The van der Waals surface area contributed by atoms with Gasteiger partial charge in [0.05, 0.1) is 13.2 Å². The second kappa shape index (κ2) is 58.7. The third-order valence-corrected chi connectivity index (χ3v) is 21.0. The molecule has 0 aromatic carbocycles. The largest absolute Gasteiger partial charge is 0.472 e. The summed E-state index contributed by atoms with van der Waals surface area (Å²) in [5.74, 6) is -1.99. The predicted molar refractivity (Wildman–Crippen MR) is 388 cm³/mol. The number of hydrogen-bond acceptors (Lipinski definition) is 23. The molecule has 0 aromatic heterocycles. The minimum absolute atomic E-state index is 0.0324. The lowest BCUT2D eigenvalue weighted by Gasteiger charge is -2.49. The van der Waals surface area contributed by atoms with Crippen LogP contribution in [0.25, 0.3) is 0 Å². The number of allylic oxidation sites excluding steroid dienone is 2. The predicted octanol–water partition coefficient (Wildman–Crippen LogP) is 12.3. The molecule has 2 saturated heterocycles. The van der Waals surface area contributed by atoms with Crippen molar-refractivity contribution in [1.82, 2.24) is 0 Å². The smallest absolute Gasteiger partial charge is 0.463 e. The summed E-state index contributed by atoms with van der Waals surface area (Å²) in [5.41, 5.74) is 0. The van der Waals surface area contributed by atoms with E-state index in [2.05, 4.69) is 32.9 Å². The fourth-order valence-corrected chi connectivity index (χ4v) is 14.4. The first-order valence-corrected chi connectivity index (χ1v) is 42.0. The van der Waals surface area contributed by atoms with E-state index < -0.39 is 156 Å². The number of aliphatic hydroxyl groups is 10. The van der Waals surface area contributed by atoms with Crippen molar-refractivity contribution in [2.24, 2.45) is 0 Å². The minimum atomic E-state index is -5.70. The summed E-state index contributed by atoms with van der Waals surface area (Å²) in [4.78, 5) is 51.1. The molecule has 11 N–H and O–H groups in total. The van der Waals surface area contributed by atoms with Crippen molar-refractivity contribution in [3.8, 4) is 0 Å². The zero-order valence-corrected chi connectivity index (χ0v) is 63.8.